The van der Waals surface area contributed by atoms with Crippen LogP contribution in [0.2, 0.25) is 0 Å². The van der Waals surface area contributed by atoms with Gasteiger partial charge in [0.1, 0.15) is 11.6 Å². The largest absolute Gasteiger partial charge is 0.444 e. The van der Waals surface area contributed by atoms with Crippen molar-refractivity contribution >= 4 is 23.8 Å². The SMILES string of the molecule is CC(C)(C)OC(=O)NC1CC(CN[C@@H](c2cccc3c2CN([C@@H]2CCC(=O)NC2=O)C3=O)C2CC3(CCC3)C2)C1. The molecule has 2 atom stereocenters. The maximum atomic E-state index is 13.4. The molecule has 216 valence electrons. The summed E-state index contributed by atoms with van der Waals surface area (Å²) in [6.07, 6.45) is 8.51. The number of nitrogens with one attached hydrogen (secondary N) is 3. The smallest absolute Gasteiger partial charge is 0.407 e. The molecule has 3 aliphatic carbocycles. The molecule has 0 unspecified atom stereocenters. The number of piperidine rings is 1. The Kier molecular flexibility index (Phi) is 6.92. The summed E-state index contributed by atoms with van der Waals surface area (Å²) in [5, 5.41) is 9.29. The maximum Gasteiger partial charge on any atom is 0.407 e. The molecule has 0 radical (unpaired) electrons. The molecule has 3 saturated carbocycles. The van der Waals surface area contributed by atoms with Crippen molar-refractivity contribution in [3.05, 3.63) is 34.9 Å². The Balaban J connectivity index is 1.13. The zero-order valence-corrected chi connectivity index (χ0v) is 23.9. The van der Waals surface area contributed by atoms with Crippen LogP contribution in [0.1, 0.15) is 106 Å². The fourth-order valence-corrected chi connectivity index (χ4v) is 7.59. The first-order valence-electron chi connectivity index (χ1n) is 15.0. The number of rotatable bonds is 7. The van der Waals surface area contributed by atoms with Gasteiger partial charge in [-0.1, -0.05) is 18.6 Å². The van der Waals surface area contributed by atoms with Gasteiger partial charge in [-0.3, -0.25) is 19.7 Å². The van der Waals surface area contributed by atoms with Crippen LogP contribution in [0, 0.1) is 17.3 Å². The first-order chi connectivity index (χ1) is 19.0. The average Bonchev–Trinajstić information content (AvgIpc) is 3.12. The molecule has 2 heterocycles. The van der Waals surface area contributed by atoms with Crippen LogP contribution in [0.25, 0.3) is 0 Å². The van der Waals surface area contributed by atoms with E-state index < -0.39 is 11.6 Å². The second-order valence-corrected chi connectivity index (χ2v) is 13.9. The summed E-state index contributed by atoms with van der Waals surface area (Å²) in [6, 6.07) is 5.67. The Bertz CT molecular complexity index is 1200. The van der Waals surface area contributed by atoms with E-state index in [1.807, 2.05) is 32.9 Å². The third-order valence-corrected chi connectivity index (χ3v) is 9.81. The van der Waals surface area contributed by atoms with E-state index >= 15 is 0 Å². The molecule has 1 saturated heterocycles. The summed E-state index contributed by atoms with van der Waals surface area (Å²) in [7, 11) is 0. The molecule has 4 fully saturated rings. The highest BCUT2D eigenvalue weighted by Crippen LogP contribution is 2.61. The van der Waals surface area contributed by atoms with Gasteiger partial charge in [0.05, 0.1) is 0 Å². The van der Waals surface area contributed by atoms with Gasteiger partial charge in [-0.2, -0.15) is 0 Å². The molecule has 6 rings (SSSR count). The molecular formula is C31H42N4O5. The number of carbonyl (C=O) groups is 4. The number of carbonyl (C=O) groups excluding carboxylic acids is 4. The zero-order valence-electron chi connectivity index (χ0n) is 23.9. The van der Waals surface area contributed by atoms with Gasteiger partial charge in [-0.25, -0.2) is 4.79 Å². The number of imide groups is 1. The van der Waals surface area contributed by atoms with Crippen LogP contribution in [0.5, 0.6) is 0 Å². The lowest BCUT2D eigenvalue weighted by molar-refractivity contribution is -0.136. The summed E-state index contributed by atoms with van der Waals surface area (Å²) in [6.45, 7) is 6.86. The lowest BCUT2D eigenvalue weighted by Crippen LogP contribution is -2.52. The fourth-order valence-electron chi connectivity index (χ4n) is 7.59. The van der Waals surface area contributed by atoms with Crippen LogP contribution in [0.4, 0.5) is 4.79 Å². The fraction of sp³-hybridized carbons (Fsp3) is 0.677. The highest BCUT2D eigenvalue weighted by molar-refractivity contribution is 6.05. The highest BCUT2D eigenvalue weighted by Gasteiger charge is 2.51. The van der Waals surface area contributed by atoms with Gasteiger partial charge in [0.15, 0.2) is 0 Å². The molecule has 4 amide bonds. The molecule has 3 N–H and O–H groups in total. The number of nitrogens with zero attached hydrogens (tertiary/aromatic N) is 1. The first kappa shape index (κ1) is 27.2. The van der Waals surface area contributed by atoms with Crippen LogP contribution in [0.15, 0.2) is 18.2 Å². The molecule has 5 aliphatic rings. The van der Waals surface area contributed by atoms with E-state index in [2.05, 4.69) is 22.0 Å². The number of hydrogen-bond acceptors (Lipinski definition) is 6. The molecule has 2 aliphatic heterocycles. The Labute approximate surface area is 236 Å². The Morgan fingerprint density at radius 2 is 1.93 bits per heavy atom. The van der Waals surface area contributed by atoms with Crippen LogP contribution in [0.3, 0.4) is 0 Å². The van der Waals surface area contributed by atoms with Crippen LogP contribution >= 0.6 is 0 Å². The van der Waals surface area contributed by atoms with E-state index in [0.717, 1.165) is 24.9 Å². The second kappa shape index (κ2) is 10.2. The molecule has 9 heteroatoms. The number of hydrogen-bond donors (Lipinski definition) is 3. The number of ether oxygens (including phenoxy) is 1. The molecule has 1 aromatic rings. The summed E-state index contributed by atoms with van der Waals surface area (Å²) in [4.78, 5) is 51.5. The summed E-state index contributed by atoms with van der Waals surface area (Å²) in [5.41, 5.74) is 2.88. The topological polar surface area (TPSA) is 117 Å². The predicted molar refractivity (Wildman–Crippen MR) is 148 cm³/mol. The minimum atomic E-state index is -0.608. The first-order valence-corrected chi connectivity index (χ1v) is 15.0. The van der Waals surface area contributed by atoms with Gasteiger partial charge < -0.3 is 20.3 Å². The quantitative estimate of drug-likeness (QED) is 0.443. The van der Waals surface area contributed by atoms with Crippen molar-refractivity contribution in [2.45, 2.75) is 109 Å². The monoisotopic (exact) mass is 550 g/mol. The predicted octanol–water partition coefficient (Wildman–Crippen LogP) is 3.96. The van der Waals surface area contributed by atoms with Crippen LogP contribution < -0.4 is 16.0 Å². The second-order valence-electron chi connectivity index (χ2n) is 13.9. The van der Waals surface area contributed by atoms with Gasteiger partial charge in [0, 0.05) is 30.6 Å². The van der Waals surface area contributed by atoms with Gasteiger partial charge in [0.2, 0.25) is 11.8 Å². The number of benzene rings is 1. The Morgan fingerprint density at radius 3 is 2.58 bits per heavy atom. The maximum absolute atomic E-state index is 13.4. The summed E-state index contributed by atoms with van der Waals surface area (Å²) < 4.78 is 5.40. The lowest BCUT2D eigenvalue weighted by atomic mass is 9.50. The van der Waals surface area contributed by atoms with Crippen molar-refractivity contribution in [1.82, 2.24) is 20.9 Å². The van der Waals surface area contributed by atoms with Gasteiger partial charge in [-0.15, -0.1) is 0 Å². The molecular weight excluding hydrogens is 508 g/mol. The highest BCUT2D eigenvalue weighted by atomic mass is 16.6. The van der Waals surface area contributed by atoms with Crippen molar-refractivity contribution in [3.63, 3.8) is 0 Å². The average molecular weight is 551 g/mol. The number of amides is 4. The zero-order chi connectivity index (χ0) is 28.2. The third kappa shape index (κ3) is 5.24. The minimum absolute atomic E-state index is 0.121. The van der Waals surface area contributed by atoms with Crippen LogP contribution in [-0.4, -0.2) is 52.9 Å². The van der Waals surface area contributed by atoms with Crippen molar-refractivity contribution in [2.24, 2.45) is 17.3 Å². The van der Waals surface area contributed by atoms with E-state index in [9.17, 15) is 19.2 Å². The van der Waals surface area contributed by atoms with Gasteiger partial charge >= 0.3 is 6.09 Å². The molecule has 9 nitrogen and oxygen atoms in total. The molecule has 0 bridgehead atoms. The van der Waals surface area contributed by atoms with E-state index in [1.165, 1.54) is 37.7 Å². The van der Waals surface area contributed by atoms with Gasteiger partial charge in [0.25, 0.3) is 5.91 Å². The van der Waals surface area contributed by atoms with Crippen molar-refractivity contribution in [2.75, 3.05) is 6.54 Å². The normalized spacial score (nSPS) is 28.2. The third-order valence-electron chi connectivity index (χ3n) is 9.81. The molecule has 0 aromatic heterocycles. The molecule has 40 heavy (non-hydrogen) atoms. The van der Waals surface area contributed by atoms with E-state index in [0.29, 0.717) is 35.8 Å². The van der Waals surface area contributed by atoms with E-state index in [-0.39, 0.29) is 42.3 Å². The van der Waals surface area contributed by atoms with E-state index in [1.54, 1.807) is 4.90 Å². The Hall–Kier alpha value is -2.94. The standard InChI is InChI=1S/C31H42N4O5/c1-30(2,3)40-29(39)33-20-12-18(13-20)16-32-26(19-14-31(15-19)10-5-11-31)21-6-4-7-22-23(21)17-35(28(22)38)24-8-9-25(36)34-27(24)37/h4,6-7,18-20,24,26,32H,5,8-17H2,1-3H3,(H,33,39)(H,34,36,37)/t18?,20?,24-,26-/m1/s1. The molecule has 1 aromatic carbocycles. The summed E-state index contributed by atoms with van der Waals surface area (Å²) >= 11 is 0. The van der Waals surface area contributed by atoms with E-state index in [4.69, 9.17) is 4.74 Å². The van der Waals surface area contributed by atoms with Crippen molar-refractivity contribution in [1.29, 1.82) is 0 Å². The summed E-state index contributed by atoms with van der Waals surface area (Å²) in [5.74, 6) is 0.217. The number of alkyl carbamates (subject to hydrolysis) is 1. The van der Waals surface area contributed by atoms with Gasteiger partial charge in [-0.05, 0) is 107 Å². The van der Waals surface area contributed by atoms with Crippen molar-refractivity contribution in [3.8, 4) is 0 Å². The number of fused-ring (bicyclic) bond motifs is 1. The lowest BCUT2D eigenvalue weighted by Gasteiger charge is -2.57. The minimum Gasteiger partial charge on any atom is -0.444 e. The van der Waals surface area contributed by atoms with Crippen LogP contribution in [-0.2, 0) is 20.9 Å². The molecule has 1 spiro atoms. The Morgan fingerprint density at radius 1 is 1.18 bits per heavy atom. The van der Waals surface area contributed by atoms with Crippen molar-refractivity contribution < 1.29 is 23.9 Å².